The van der Waals surface area contributed by atoms with Gasteiger partial charge in [0.2, 0.25) is 0 Å². The molecule has 0 atom stereocenters. The predicted octanol–water partition coefficient (Wildman–Crippen LogP) is 6.17. The molecule has 27 heavy (non-hydrogen) atoms. The second-order valence-corrected chi connectivity index (χ2v) is 7.69. The third kappa shape index (κ3) is 5.22. The van der Waals surface area contributed by atoms with Crippen LogP contribution >= 0.6 is 35.4 Å². The maximum atomic E-state index is 6.29. The normalized spacial score (nSPS) is 10.9. The van der Waals surface area contributed by atoms with Crippen LogP contribution in [-0.2, 0) is 6.54 Å². The molecule has 4 nitrogen and oxygen atoms in total. The summed E-state index contributed by atoms with van der Waals surface area (Å²) in [6, 6.07) is 15.8. The van der Waals surface area contributed by atoms with E-state index in [1.165, 1.54) is 5.56 Å². The summed E-state index contributed by atoms with van der Waals surface area (Å²) in [5.74, 6) is 0.991. The van der Waals surface area contributed by atoms with Gasteiger partial charge in [0, 0.05) is 16.9 Å². The fourth-order valence-corrected chi connectivity index (χ4v) is 3.19. The Morgan fingerprint density at radius 2 is 1.74 bits per heavy atom. The summed E-state index contributed by atoms with van der Waals surface area (Å²) in [5, 5.41) is 12.2. The summed E-state index contributed by atoms with van der Waals surface area (Å²) in [6.07, 6.45) is 1.74. The first-order valence-corrected chi connectivity index (χ1v) is 9.73. The molecule has 1 aromatic heterocycles. The molecule has 2 N–H and O–H groups in total. The van der Waals surface area contributed by atoms with Crippen molar-refractivity contribution in [3.8, 4) is 0 Å². The van der Waals surface area contributed by atoms with Crippen LogP contribution in [0.4, 0.5) is 11.5 Å². The van der Waals surface area contributed by atoms with Crippen molar-refractivity contribution in [1.82, 2.24) is 9.78 Å². The molecule has 0 unspecified atom stereocenters. The third-order valence-corrected chi connectivity index (χ3v) is 4.92. The zero-order valence-electron chi connectivity index (χ0n) is 15.0. The van der Waals surface area contributed by atoms with E-state index in [4.69, 9.17) is 35.4 Å². The van der Waals surface area contributed by atoms with Crippen molar-refractivity contribution in [2.24, 2.45) is 0 Å². The molecule has 0 saturated carbocycles. The van der Waals surface area contributed by atoms with Crippen LogP contribution in [0.15, 0.2) is 54.7 Å². The van der Waals surface area contributed by atoms with E-state index in [-0.39, 0.29) is 0 Å². The lowest BCUT2D eigenvalue weighted by Gasteiger charge is -2.11. The van der Waals surface area contributed by atoms with Gasteiger partial charge in [0.15, 0.2) is 10.9 Å². The first-order chi connectivity index (χ1) is 12.9. The molecule has 0 fully saturated rings. The average Bonchev–Trinajstić information content (AvgIpc) is 2.96. The van der Waals surface area contributed by atoms with Crippen molar-refractivity contribution in [2.75, 3.05) is 10.6 Å². The molecule has 0 aliphatic rings. The van der Waals surface area contributed by atoms with E-state index in [2.05, 4.69) is 41.7 Å². The van der Waals surface area contributed by atoms with Crippen molar-refractivity contribution in [2.45, 2.75) is 26.3 Å². The second-order valence-electron chi connectivity index (χ2n) is 6.47. The quantitative estimate of drug-likeness (QED) is 0.486. The largest absolute Gasteiger partial charge is 0.332 e. The molecule has 1 heterocycles. The van der Waals surface area contributed by atoms with Gasteiger partial charge in [0.1, 0.15) is 5.02 Å². The second kappa shape index (κ2) is 8.74. The highest BCUT2D eigenvalue weighted by Gasteiger charge is 2.10. The van der Waals surface area contributed by atoms with E-state index in [1.54, 1.807) is 10.9 Å². The molecule has 0 amide bonds. The predicted molar refractivity (Wildman–Crippen MR) is 118 cm³/mol. The number of hydrogen-bond donors (Lipinski definition) is 2. The van der Waals surface area contributed by atoms with Gasteiger partial charge in [-0.15, -0.1) is 0 Å². The van der Waals surface area contributed by atoms with E-state index in [9.17, 15) is 0 Å². The van der Waals surface area contributed by atoms with Crippen molar-refractivity contribution < 1.29 is 0 Å². The molecule has 3 rings (SSSR count). The maximum absolute atomic E-state index is 6.29. The van der Waals surface area contributed by atoms with Gasteiger partial charge in [-0.1, -0.05) is 67.4 Å². The van der Waals surface area contributed by atoms with Crippen molar-refractivity contribution in [3.05, 3.63) is 75.9 Å². The van der Waals surface area contributed by atoms with Crippen LogP contribution in [0.1, 0.15) is 30.9 Å². The fraction of sp³-hybridized carbons (Fsp3) is 0.200. The van der Waals surface area contributed by atoms with Crippen LogP contribution in [0.25, 0.3) is 0 Å². The van der Waals surface area contributed by atoms with Crippen LogP contribution in [0, 0.1) is 0 Å². The van der Waals surface area contributed by atoms with Crippen LogP contribution < -0.4 is 10.6 Å². The number of hydrogen-bond acceptors (Lipinski definition) is 2. The third-order valence-electron chi connectivity index (χ3n) is 4.07. The lowest BCUT2D eigenvalue weighted by molar-refractivity contribution is 0.690. The minimum atomic E-state index is 0.428. The molecular formula is C20H20Cl2N4S. The van der Waals surface area contributed by atoms with E-state index >= 15 is 0 Å². The molecule has 140 valence electrons. The van der Waals surface area contributed by atoms with Gasteiger partial charge in [-0.05, 0) is 47.5 Å². The highest BCUT2D eigenvalue weighted by atomic mass is 35.5. The number of nitrogens with one attached hydrogen (secondary N) is 2. The molecule has 0 saturated heterocycles. The number of anilines is 2. The minimum absolute atomic E-state index is 0.428. The van der Waals surface area contributed by atoms with Gasteiger partial charge in [0.25, 0.3) is 0 Å². The van der Waals surface area contributed by atoms with Gasteiger partial charge in [0.05, 0.1) is 6.54 Å². The van der Waals surface area contributed by atoms with Crippen LogP contribution in [-0.4, -0.2) is 14.9 Å². The molecule has 2 aromatic carbocycles. The Morgan fingerprint density at radius 1 is 1.04 bits per heavy atom. The van der Waals surface area contributed by atoms with E-state index in [0.29, 0.717) is 33.4 Å². The fourth-order valence-electron chi connectivity index (χ4n) is 2.59. The molecule has 3 aromatic rings. The molecule has 7 heteroatoms. The molecule has 0 spiro atoms. The first-order valence-electron chi connectivity index (χ1n) is 8.56. The zero-order valence-corrected chi connectivity index (χ0v) is 17.4. The maximum Gasteiger partial charge on any atom is 0.176 e. The Morgan fingerprint density at radius 3 is 2.41 bits per heavy atom. The summed E-state index contributed by atoms with van der Waals surface area (Å²) < 4.78 is 1.73. The van der Waals surface area contributed by atoms with Gasteiger partial charge in [-0.25, -0.2) is 0 Å². The standard InChI is InChI=1S/C20H20Cl2N4S/c1-13(2)14-7-9-16(10-8-14)23-20(27)24-19-18(22)12-26(25-19)11-15-5-3-4-6-17(15)21/h3-10,12-13H,11H2,1-2H3,(H2,23,24,25,27). The van der Waals surface area contributed by atoms with E-state index < -0.39 is 0 Å². The number of thiocarbonyl (C=S) groups is 1. The highest BCUT2D eigenvalue weighted by molar-refractivity contribution is 7.80. The highest BCUT2D eigenvalue weighted by Crippen LogP contribution is 2.23. The Balaban J connectivity index is 1.64. The molecule has 0 aliphatic carbocycles. The van der Waals surface area contributed by atoms with Gasteiger partial charge >= 0.3 is 0 Å². The SMILES string of the molecule is CC(C)c1ccc(NC(=S)Nc2nn(Cc3ccccc3Cl)cc2Cl)cc1. The number of aromatic nitrogens is 2. The first kappa shape index (κ1) is 19.7. The molecular weight excluding hydrogens is 399 g/mol. The number of rotatable bonds is 5. The summed E-state index contributed by atoms with van der Waals surface area (Å²) in [5.41, 5.74) is 3.15. The summed E-state index contributed by atoms with van der Waals surface area (Å²) in [4.78, 5) is 0. The molecule has 0 bridgehead atoms. The van der Waals surface area contributed by atoms with Gasteiger partial charge < -0.3 is 10.6 Å². The van der Waals surface area contributed by atoms with Crippen molar-refractivity contribution in [1.29, 1.82) is 0 Å². The Kier molecular flexibility index (Phi) is 6.37. The smallest absolute Gasteiger partial charge is 0.176 e. The van der Waals surface area contributed by atoms with Gasteiger partial charge in [-0.3, -0.25) is 4.68 Å². The molecule has 0 aliphatic heterocycles. The Bertz CT molecular complexity index is 935. The lowest BCUT2D eigenvalue weighted by Crippen LogP contribution is -2.19. The van der Waals surface area contributed by atoms with Gasteiger partial charge in [-0.2, -0.15) is 5.10 Å². The number of halogens is 2. The zero-order chi connectivity index (χ0) is 19.4. The van der Waals surface area contributed by atoms with Crippen molar-refractivity contribution in [3.63, 3.8) is 0 Å². The summed E-state index contributed by atoms with van der Waals surface area (Å²) >= 11 is 17.9. The number of nitrogens with zero attached hydrogens (tertiary/aromatic N) is 2. The van der Waals surface area contributed by atoms with E-state index in [0.717, 1.165) is 11.3 Å². The summed E-state index contributed by atoms with van der Waals surface area (Å²) in [6.45, 7) is 4.85. The van der Waals surface area contributed by atoms with Crippen LogP contribution in [0.3, 0.4) is 0 Å². The lowest BCUT2D eigenvalue weighted by atomic mass is 10.0. The Labute approximate surface area is 174 Å². The molecule has 0 radical (unpaired) electrons. The van der Waals surface area contributed by atoms with Crippen molar-refractivity contribution >= 4 is 52.0 Å². The number of benzene rings is 2. The topological polar surface area (TPSA) is 41.9 Å². The van der Waals surface area contributed by atoms with Crippen LogP contribution in [0.5, 0.6) is 0 Å². The minimum Gasteiger partial charge on any atom is -0.332 e. The summed E-state index contributed by atoms with van der Waals surface area (Å²) in [7, 11) is 0. The average molecular weight is 419 g/mol. The monoisotopic (exact) mass is 418 g/mol. The van der Waals surface area contributed by atoms with Crippen LogP contribution in [0.2, 0.25) is 10.0 Å². The van der Waals surface area contributed by atoms with E-state index in [1.807, 2.05) is 36.4 Å². The Hall–Kier alpha value is -2.08.